The quantitative estimate of drug-likeness (QED) is 0.628. The third-order valence-electron chi connectivity index (χ3n) is 4.89. The second-order valence-electron chi connectivity index (χ2n) is 8.85. The fraction of sp³-hybridized carbons (Fsp3) is 0.600. The summed E-state index contributed by atoms with van der Waals surface area (Å²) in [6.45, 7) is 13.4. The standard InChI is InChI=1S/C20H30BNO6/c1-18(2,3)26-17(24)22-12-14-11-13(16(23)25-8)9-10-15(14)21-27-19(4,5)20(6,7)28-21/h9-11H,12H2,1-8H3,(H,22,24). The number of alkyl carbamates (subject to hydrolysis) is 1. The second kappa shape index (κ2) is 7.76. The molecule has 0 atom stereocenters. The maximum absolute atomic E-state index is 12.1. The first kappa shape index (κ1) is 22.2. The normalized spacial score (nSPS) is 17.9. The average molecular weight is 391 g/mol. The molecule has 8 heteroatoms. The molecule has 0 saturated carbocycles. The van der Waals surface area contributed by atoms with Crippen molar-refractivity contribution in [2.24, 2.45) is 0 Å². The van der Waals surface area contributed by atoms with Crippen molar-refractivity contribution in [3.63, 3.8) is 0 Å². The molecule has 0 aromatic heterocycles. The van der Waals surface area contributed by atoms with Crippen LogP contribution < -0.4 is 10.8 Å². The summed E-state index contributed by atoms with van der Waals surface area (Å²) >= 11 is 0. The molecule has 154 valence electrons. The van der Waals surface area contributed by atoms with Crippen LogP contribution in [0.25, 0.3) is 0 Å². The molecule has 2 rings (SSSR count). The molecule has 1 saturated heterocycles. The van der Waals surface area contributed by atoms with Crippen molar-refractivity contribution >= 4 is 24.6 Å². The average Bonchev–Trinajstić information content (AvgIpc) is 2.78. The molecular formula is C20H30BNO6. The number of benzene rings is 1. The molecule has 0 bridgehead atoms. The topological polar surface area (TPSA) is 83.1 Å². The van der Waals surface area contributed by atoms with Crippen LogP contribution in [0, 0.1) is 0 Å². The molecule has 28 heavy (non-hydrogen) atoms. The fourth-order valence-corrected chi connectivity index (χ4v) is 2.69. The monoisotopic (exact) mass is 391 g/mol. The minimum atomic E-state index is -0.618. The van der Waals surface area contributed by atoms with Crippen LogP contribution in [0.5, 0.6) is 0 Å². The van der Waals surface area contributed by atoms with E-state index in [9.17, 15) is 9.59 Å². The number of carbonyl (C=O) groups excluding carboxylic acids is 2. The molecule has 0 aliphatic carbocycles. The first-order chi connectivity index (χ1) is 12.8. The predicted molar refractivity (Wildman–Crippen MR) is 107 cm³/mol. The van der Waals surface area contributed by atoms with E-state index in [2.05, 4.69) is 5.32 Å². The van der Waals surface area contributed by atoms with Crippen molar-refractivity contribution in [3.05, 3.63) is 29.3 Å². The van der Waals surface area contributed by atoms with Gasteiger partial charge in [0, 0.05) is 6.54 Å². The van der Waals surface area contributed by atoms with Crippen LogP contribution in [0.3, 0.4) is 0 Å². The summed E-state index contributed by atoms with van der Waals surface area (Å²) in [7, 11) is 0.704. The van der Waals surface area contributed by atoms with E-state index in [1.165, 1.54) is 7.11 Å². The van der Waals surface area contributed by atoms with Gasteiger partial charge in [-0.3, -0.25) is 0 Å². The highest BCUT2D eigenvalue weighted by Crippen LogP contribution is 2.36. The van der Waals surface area contributed by atoms with Gasteiger partial charge < -0.3 is 24.1 Å². The zero-order valence-electron chi connectivity index (χ0n) is 18.0. The lowest BCUT2D eigenvalue weighted by Crippen LogP contribution is -2.41. The van der Waals surface area contributed by atoms with Crippen LogP contribution in [0.15, 0.2) is 18.2 Å². The Bertz CT molecular complexity index is 738. The van der Waals surface area contributed by atoms with Gasteiger partial charge in [0.15, 0.2) is 0 Å². The lowest BCUT2D eigenvalue weighted by atomic mass is 9.75. The van der Waals surface area contributed by atoms with Crippen LogP contribution in [0.1, 0.15) is 64.4 Å². The number of rotatable bonds is 4. The SMILES string of the molecule is COC(=O)c1ccc(B2OC(C)(C)C(C)(C)O2)c(CNC(=O)OC(C)(C)C)c1. The summed E-state index contributed by atoms with van der Waals surface area (Å²) in [4.78, 5) is 24.0. The molecule has 0 spiro atoms. The molecule has 1 heterocycles. The maximum Gasteiger partial charge on any atom is 0.495 e. The van der Waals surface area contributed by atoms with E-state index >= 15 is 0 Å². The second-order valence-corrected chi connectivity index (χ2v) is 8.85. The van der Waals surface area contributed by atoms with Gasteiger partial charge in [0.05, 0.1) is 23.9 Å². The minimum absolute atomic E-state index is 0.152. The Kier molecular flexibility index (Phi) is 6.16. The third-order valence-corrected chi connectivity index (χ3v) is 4.89. The highest BCUT2D eigenvalue weighted by atomic mass is 16.7. The molecule has 1 N–H and O–H groups in total. The van der Waals surface area contributed by atoms with Gasteiger partial charge >= 0.3 is 19.2 Å². The minimum Gasteiger partial charge on any atom is -0.465 e. The lowest BCUT2D eigenvalue weighted by molar-refractivity contribution is 0.00578. The van der Waals surface area contributed by atoms with Gasteiger partial charge in [0.2, 0.25) is 0 Å². The van der Waals surface area contributed by atoms with Crippen molar-refractivity contribution in [1.82, 2.24) is 5.32 Å². The molecule has 7 nitrogen and oxygen atoms in total. The summed E-state index contributed by atoms with van der Waals surface area (Å²) in [5.41, 5.74) is 0.189. The van der Waals surface area contributed by atoms with Gasteiger partial charge in [-0.15, -0.1) is 0 Å². The smallest absolute Gasteiger partial charge is 0.465 e. The molecule has 1 aromatic carbocycles. The highest BCUT2D eigenvalue weighted by molar-refractivity contribution is 6.62. The molecule has 1 aliphatic rings. The van der Waals surface area contributed by atoms with E-state index in [-0.39, 0.29) is 6.54 Å². The maximum atomic E-state index is 12.1. The van der Waals surface area contributed by atoms with Crippen molar-refractivity contribution in [3.8, 4) is 0 Å². The number of hydrogen-bond acceptors (Lipinski definition) is 6. The Morgan fingerprint density at radius 2 is 1.68 bits per heavy atom. The summed E-state index contributed by atoms with van der Waals surface area (Å²) in [5, 5.41) is 2.72. The van der Waals surface area contributed by atoms with Crippen LogP contribution in [0.4, 0.5) is 4.79 Å². The van der Waals surface area contributed by atoms with Gasteiger partial charge in [-0.05, 0) is 71.6 Å². The Hall–Kier alpha value is -2.06. The fourth-order valence-electron chi connectivity index (χ4n) is 2.69. The number of methoxy groups -OCH3 is 1. The first-order valence-electron chi connectivity index (χ1n) is 9.29. The predicted octanol–water partition coefficient (Wildman–Crippen LogP) is 2.80. The number of carbonyl (C=O) groups is 2. The van der Waals surface area contributed by atoms with E-state index in [0.29, 0.717) is 11.1 Å². The van der Waals surface area contributed by atoms with E-state index < -0.39 is 36.0 Å². The Morgan fingerprint density at radius 1 is 1.11 bits per heavy atom. The summed E-state index contributed by atoms with van der Waals surface area (Å²) in [6, 6.07) is 5.09. The van der Waals surface area contributed by atoms with E-state index in [1.807, 2.05) is 27.7 Å². The van der Waals surface area contributed by atoms with Gasteiger partial charge in [-0.2, -0.15) is 0 Å². The van der Waals surface area contributed by atoms with E-state index in [0.717, 1.165) is 5.46 Å². The van der Waals surface area contributed by atoms with Crippen LogP contribution in [-0.4, -0.2) is 43.1 Å². The van der Waals surface area contributed by atoms with Crippen LogP contribution >= 0.6 is 0 Å². The van der Waals surface area contributed by atoms with Crippen molar-refractivity contribution in [2.75, 3.05) is 7.11 Å². The molecule has 1 fully saturated rings. The zero-order valence-corrected chi connectivity index (χ0v) is 18.0. The number of nitrogens with one attached hydrogen (secondary N) is 1. The molecule has 1 aromatic rings. The number of hydrogen-bond donors (Lipinski definition) is 1. The Morgan fingerprint density at radius 3 is 2.18 bits per heavy atom. The van der Waals surface area contributed by atoms with E-state index in [1.54, 1.807) is 39.0 Å². The van der Waals surface area contributed by atoms with E-state index in [4.69, 9.17) is 18.8 Å². The summed E-state index contributed by atoms with van der Waals surface area (Å²) in [5.74, 6) is -0.459. The van der Waals surface area contributed by atoms with Gasteiger partial charge in [-0.1, -0.05) is 6.07 Å². The Balaban J connectivity index is 2.30. The largest absolute Gasteiger partial charge is 0.495 e. The van der Waals surface area contributed by atoms with Crippen LogP contribution in [-0.2, 0) is 25.3 Å². The van der Waals surface area contributed by atoms with Crippen molar-refractivity contribution < 1.29 is 28.4 Å². The van der Waals surface area contributed by atoms with Crippen LogP contribution in [0.2, 0.25) is 0 Å². The molecule has 0 unspecified atom stereocenters. The van der Waals surface area contributed by atoms with Gasteiger partial charge in [0.1, 0.15) is 5.60 Å². The number of ether oxygens (including phenoxy) is 2. The summed E-state index contributed by atoms with van der Waals surface area (Å²) < 4.78 is 22.3. The highest BCUT2D eigenvalue weighted by Gasteiger charge is 2.52. The van der Waals surface area contributed by atoms with Crippen molar-refractivity contribution in [2.45, 2.75) is 71.8 Å². The molecule has 1 aliphatic heterocycles. The third kappa shape index (κ3) is 5.05. The number of amides is 1. The molecule has 0 radical (unpaired) electrons. The molecule has 1 amide bonds. The first-order valence-corrected chi connectivity index (χ1v) is 9.29. The van der Waals surface area contributed by atoms with Gasteiger partial charge in [-0.25, -0.2) is 9.59 Å². The number of esters is 1. The Labute approximate surface area is 167 Å². The summed E-state index contributed by atoms with van der Waals surface area (Å²) in [6.07, 6.45) is -0.546. The zero-order chi connectivity index (χ0) is 21.3. The van der Waals surface area contributed by atoms with Gasteiger partial charge in [0.25, 0.3) is 0 Å². The lowest BCUT2D eigenvalue weighted by Gasteiger charge is -2.32. The molecular weight excluding hydrogens is 361 g/mol. The van der Waals surface area contributed by atoms with Crippen molar-refractivity contribution in [1.29, 1.82) is 0 Å².